The molecule has 3 heteroatoms. The molecule has 1 atom stereocenters. The predicted octanol–water partition coefficient (Wildman–Crippen LogP) is 2.13. The molecule has 1 heterocycles. The van der Waals surface area contributed by atoms with Gasteiger partial charge in [0.15, 0.2) is 0 Å². The number of aliphatic carboxylic acids is 1. The molecule has 86 valence electrons. The van der Waals surface area contributed by atoms with Crippen LogP contribution in [0, 0.1) is 0 Å². The first kappa shape index (κ1) is 11.1. The molecule has 0 saturated carbocycles. The molecular weight excluding hydrogens is 202 g/mol. The van der Waals surface area contributed by atoms with Gasteiger partial charge in [0, 0.05) is 12.5 Å². The van der Waals surface area contributed by atoms with Crippen LogP contribution in [0.3, 0.4) is 0 Å². The summed E-state index contributed by atoms with van der Waals surface area (Å²) in [7, 11) is 0. The van der Waals surface area contributed by atoms with E-state index in [-0.39, 0.29) is 6.42 Å². The van der Waals surface area contributed by atoms with Crippen molar-refractivity contribution in [1.82, 2.24) is 5.32 Å². The summed E-state index contributed by atoms with van der Waals surface area (Å²) in [6, 6.07) is 8.80. The van der Waals surface area contributed by atoms with E-state index in [1.54, 1.807) is 0 Å². The van der Waals surface area contributed by atoms with Crippen LogP contribution in [-0.2, 0) is 11.2 Å². The SMILES string of the molecule is O=C(O)CCc1ccc([C@@H]2CCCN2)cc1. The molecule has 3 nitrogen and oxygen atoms in total. The molecule has 16 heavy (non-hydrogen) atoms. The second kappa shape index (κ2) is 5.12. The van der Waals surface area contributed by atoms with Crippen LogP contribution in [0.4, 0.5) is 0 Å². The standard InChI is InChI=1S/C13H17NO2/c15-13(16)8-5-10-3-6-11(7-4-10)12-2-1-9-14-12/h3-4,6-7,12,14H,1-2,5,8-9H2,(H,15,16)/t12-/m0/s1. The van der Waals surface area contributed by atoms with Gasteiger partial charge in [0.25, 0.3) is 0 Å². The summed E-state index contributed by atoms with van der Waals surface area (Å²) in [5, 5.41) is 12.0. The molecule has 1 fully saturated rings. The summed E-state index contributed by atoms with van der Waals surface area (Å²) in [6.07, 6.45) is 3.27. The van der Waals surface area contributed by atoms with Crippen LogP contribution in [0.5, 0.6) is 0 Å². The highest BCUT2D eigenvalue weighted by molar-refractivity contribution is 5.67. The van der Waals surface area contributed by atoms with Gasteiger partial charge < -0.3 is 10.4 Å². The minimum Gasteiger partial charge on any atom is -0.481 e. The van der Waals surface area contributed by atoms with E-state index in [9.17, 15) is 4.79 Å². The van der Waals surface area contributed by atoms with Crippen LogP contribution in [0.15, 0.2) is 24.3 Å². The highest BCUT2D eigenvalue weighted by Gasteiger charge is 2.15. The zero-order valence-corrected chi connectivity index (χ0v) is 9.28. The van der Waals surface area contributed by atoms with Gasteiger partial charge in [-0.25, -0.2) is 0 Å². The Bertz CT molecular complexity index is 353. The van der Waals surface area contributed by atoms with Crippen LogP contribution in [0.25, 0.3) is 0 Å². The minimum atomic E-state index is -0.735. The molecule has 0 amide bonds. The van der Waals surface area contributed by atoms with Crippen LogP contribution in [-0.4, -0.2) is 17.6 Å². The molecule has 0 aliphatic carbocycles. The molecule has 0 unspecified atom stereocenters. The van der Waals surface area contributed by atoms with E-state index in [4.69, 9.17) is 5.11 Å². The van der Waals surface area contributed by atoms with Crippen LogP contribution in [0.2, 0.25) is 0 Å². The molecule has 0 spiro atoms. The third-order valence-electron chi connectivity index (χ3n) is 3.07. The van der Waals surface area contributed by atoms with Crippen LogP contribution in [0.1, 0.15) is 36.4 Å². The first-order valence-electron chi connectivity index (χ1n) is 5.80. The van der Waals surface area contributed by atoms with E-state index in [2.05, 4.69) is 17.4 Å². The van der Waals surface area contributed by atoms with Gasteiger partial charge in [-0.15, -0.1) is 0 Å². The Morgan fingerprint density at radius 3 is 2.69 bits per heavy atom. The normalized spacial score (nSPS) is 19.9. The third kappa shape index (κ3) is 2.83. The Kier molecular flexibility index (Phi) is 3.57. The van der Waals surface area contributed by atoms with Crippen molar-refractivity contribution in [3.8, 4) is 0 Å². The van der Waals surface area contributed by atoms with Gasteiger partial charge >= 0.3 is 5.97 Å². The molecule has 2 N–H and O–H groups in total. The van der Waals surface area contributed by atoms with Gasteiger partial charge in [-0.05, 0) is 36.9 Å². The highest BCUT2D eigenvalue weighted by atomic mass is 16.4. The third-order valence-corrected chi connectivity index (χ3v) is 3.07. The van der Waals surface area contributed by atoms with Crippen molar-refractivity contribution in [1.29, 1.82) is 0 Å². The molecule has 1 aliphatic heterocycles. The summed E-state index contributed by atoms with van der Waals surface area (Å²) in [6.45, 7) is 1.10. The smallest absolute Gasteiger partial charge is 0.303 e. The lowest BCUT2D eigenvalue weighted by Gasteiger charge is -2.10. The lowest BCUT2D eigenvalue weighted by Crippen LogP contribution is -2.12. The van der Waals surface area contributed by atoms with Gasteiger partial charge in [0.2, 0.25) is 0 Å². The Labute approximate surface area is 95.5 Å². The molecule has 1 aliphatic rings. The van der Waals surface area contributed by atoms with E-state index >= 15 is 0 Å². The lowest BCUT2D eigenvalue weighted by molar-refractivity contribution is -0.136. The highest BCUT2D eigenvalue weighted by Crippen LogP contribution is 2.23. The number of carbonyl (C=O) groups is 1. The number of carboxylic acids is 1. The number of hydrogen-bond donors (Lipinski definition) is 2. The Hall–Kier alpha value is -1.35. The molecule has 1 aromatic rings. The molecule has 1 saturated heterocycles. The number of nitrogens with one attached hydrogen (secondary N) is 1. The molecule has 2 rings (SSSR count). The summed E-state index contributed by atoms with van der Waals surface area (Å²) < 4.78 is 0. The fourth-order valence-electron chi connectivity index (χ4n) is 2.14. The fraction of sp³-hybridized carbons (Fsp3) is 0.462. The summed E-state index contributed by atoms with van der Waals surface area (Å²) in [5.74, 6) is -0.735. The largest absolute Gasteiger partial charge is 0.481 e. The van der Waals surface area contributed by atoms with E-state index in [1.165, 1.54) is 18.4 Å². The molecular formula is C13H17NO2. The van der Waals surface area contributed by atoms with Crippen molar-refractivity contribution in [2.75, 3.05) is 6.54 Å². The zero-order chi connectivity index (χ0) is 11.4. The number of rotatable bonds is 4. The summed E-state index contributed by atoms with van der Waals surface area (Å²) in [5.41, 5.74) is 2.42. The van der Waals surface area contributed by atoms with Crippen molar-refractivity contribution in [3.63, 3.8) is 0 Å². The maximum Gasteiger partial charge on any atom is 0.303 e. The van der Waals surface area contributed by atoms with Crippen molar-refractivity contribution in [2.45, 2.75) is 31.7 Å². The summed E-state index contributed by atoms with van der Waals surface area (Å²) in [4.78, 5) is 10.4. The van der Waals surface area contributed by atoms with Crippen LogP contribution >= 0.6 is 0 Å². The molecule has 1 aromatic carbocycles. The van der Waals surface area contributed by atoms with E-state index < -0.39 is 5.97 Å². The predicted molar refractivity (Wildman–Crippen MR) is 62.4 cm³/mol. The average molecular weight is 219 g/mol. The van der Waals surface area contributed by atoms with Crippen molar-refractivity contribution < 1.29 is 9.90 Å². The van der Waals surface area contributed by atoms with Crippen LogP contribution < -0.4 is 5.32 Å². The van der Waals surface area contributed by atoms with E-state index in [0.29, 0.717) is 12.5 Å². The second-order valence-corrected chi connectivity index (χ2v) is 4.28. The number of aryl methyl sites for hydroxylation is 1. The van der Waals surface area contributed by atoms with E-state index in [1.807, 2.05) is 12.1 Å². The van der Waals surface area contributed by atoms with Crippen molar-refractivity contribution in [3.05, 3.63) is 35.4 Å². The zero-order valence-electron chi connectivity index (χ0n) is 9.28. The Balaban J connectivity index is 1.95. The number of carboxylic acid groups (broad SMARTS) is 1. The topological polar surface area (TPSA) is 49.3 Å². The molecule has 0 bridgehead atoms. The average Bonchev–Trinajstić information content (AvgIpc) is 2.80. The van der Waals surface area contributed by atoms with Gasteiger partial charge in [0.05, 0.1) is 0 Å². The van der Waals surface area contributed by atoms with Gasteiger partial charge in [0.1, 0.15) is 0 Å². The second-order valence-electron chi connectivity index (χ2n) is 4.28. The Morgan fingerprint density at radius 1 is 1.38 bits per heavy atom. The number of benzene rings is 1. The maximum absolute atomic E-state index is 10.4. The molecule has 0 radical (unpaired) electrons. The monoisotopic (exact) mass is 219 g/mol. The maximum atomic E-state index is 10.4. The lowest BCUT2D eigenvalue weighted by atomic mass is 10.0. The number of hydrogen-bond acceptors (Lipinski definition) is 2. The van der Waals surface area contributed by atoms with Gasteiger partial charge in [-0.1, -0.05) is 24.3 Å². The van der Waals surface area contributed by atoms with E-state index in [0.717, 1.165) is 12.1 Å². The van der Waals surface area contributed by atoms with Crippen molar-refractivity contribution in [2.24, 2.45) is 0 Å². The Morgan fingerprint density at radius 2 is 2.12 bits per heavy atom. The van der Waals surface area contributed by atoms with Gasteiger partial charge in [-0.3, -0.25) is 4.79 Å². The summed E-state index contributed by atoms with van der Waals surface area (Å²) >= 11 is 0. The first-order chi connectivity index (χ1) is 7.75. The van der Waals surface area contributed by atoms with Gasteiger partial charge in [-0.2, -0.15) is 0 Å². The molecule has 0 aromatic heterocycles. The van der Waals surface area contributed by atoms with Crippen molar-refractivity contribution >= 4 is 5.97 Å². The minimum absolute atomic E-state index is 0.209. The fourth-order valence-corrected chi connectivity index (χ4v) is 2.14. The first-order valence-corrected chi connectivity index (χ1v) is 5.80. The quantitative estimate of drug-likeness (QED) is 0.815.